The summed E-state index contributed by atoms with van der Waals surface area (Å²) in [6.45, 7) is 0. The van der Waals surface area contributed by atoms with Gasteiger partial charge >= 0.3 is 0 Å². The van der Waals surface area contributed by atoms with E-state index >= 15 is 0 Å². The highest BCUT2D eigenvalue weighted by atomic mass is 79.9. The molecule has 0 amide bonds. The third-order valence-corrected chi connectivity index (χ3v) is 4.66. The SMILES string of the molecule is Brc1ccc(Br)c(-n2ccnc2NC2CCCC2)c1. The minimum Gasteiger partial charge on any atom is -0.353 e. The predicted octanol–water partition coefficient (Wildman–Crippen LogP) is 4.75. The molecular formula is C14H15Br2N3. The molecule has 5 heteroatoms. The van der Waals surface area contributed by atoms with Gasteiger partial charge in [-0.15, -0.1) is 0 Å². The topological polar surface area (TPSA) is 29.9 Å². The molecule has 3 rings (SSSR count). The van der Waals surface area contributed by atoms with E-state index in [2.05, 4.69) is 52.8 Å². The summed E-state index contributed by atoms with van der Waals surface area (Å²) >= 11 is 7.12. The molecule has 1 aromatic carbocycles. The monoisotopic (exact) mass is 383 g/mol. The Labute approximate surface area is 129 Å². The molecule has 1 N–H and O–H groups in total. The van der Waals surface area contributed by atoms with Crippen molar-refractivity contribution in [1.29, 1.82) is 0 Å². The molecule has 1 aromatic heterocycles. The third-order valence-electron chi connectivity index (χ3n) is 3.50. The number of hydrogen-bond acceptors (Lipinski definition) is 2. The van der Waals surface area contributed by atoms with Crippen LogP contribution in [0.4, 0.5) is 5.95 Å². The molecule has 0 bridgehead atoms. The van der Waals surface area contributed by atoms with Crippen LogP contribution in [0.15, 0.2) is 39.5 Å². The van der Waals surface area contributed by atoms with Crippen LogP contribution < -0.4 is 5.32 Å². The maximum absolute atomic E-state index is 4.44. The molecule has 0 aliphatic heterocycles. The molecule has 0 spiro atoms. The zero-order valence-corrected chi connectivity index (χ0v) is 13.6. The standard InChI is InChI=1S/C14H15Br2N3/c15-10-5-6-12(16)13(9-10)19-8-7-17-14(19)18-11-3-1-2-4-11/h5-9,11H,1-4H2,(H,17,18). The average Bonchev–Trinajstić information content (AvgIpc) is 3.04. The van der Waals surface area contributed by atoms with Crippen molar-refractivity contribution < 1.29 is 0 Å². The van der Waals surface area contributed by atoms with Gasteiger partial charge < -0.3 is 5.32 Å². The van der Waals surface area contributed by atoms with E-state index in [1.807, 2.05) is 24.5 Å². The van der Waals surface area contributed by atoms with Gasteiger partial charge in [-0.2, -0.15) is 0 Å². The number of hydrogen-bond donors (Lipinski definition) is 1. The van der Waals surface area contributed by atoms with Crippen molar-refractivity contribution in [2.75, 3.05) is 5.32 Å². The highest BCUT2D eigenvalue weighted by molar-refractivity contribution is 9.11. The van der Waals surface area contributed by atoms with Crippen molar-refractivity contribution in [3.05, 3.63) is 39.5 Å². The number of halogens is 2. The zero-order valence-electron chi connectivity index (χ0n) is 10.4. The fourth-order valence-corrected chi connectivity index (χ4v) is 3.31. The lowest BCUT2D eigenvalue weighted by Gasteiger charge is -2.15. The van der Waals surface area contributed by atoms with Crippen LogP contribution in [0.2, 0.25) is 0 Å². The van der Waals surface area contributed by atoms with Gasteiger partial charge in [0.15, 0.2) is 0 Å². The van der Waals surface area contributed by atoms with Crippen LogP contribution in [0.25, 0.3) is 5.69 Å². The molecule has 3 nitrogen and oxygen atoms in total. The summed E-state index contributed by atoms with van der Waals surface area (Å²) in [5.74, 6) is 0.922. The van der Waals surface area contributed by atoms with E-state index in [-0.39, 0.29) is 0 Å². The molecule has 0 saturated heterocycles. The van der Waals surface area contributed by atoms with Gasteiger partial charge in [0.2, 0.25) is 5.95 Å². The molecule has 19 heavy (non-hydrogen) atoms. The normalized spacial score (nSPS) is 15.9. The summed E-state index contributed by atoms with van der Waals surface area (Å²) < 4.78 is 4.21. The second-order valence-electron chi connectivity index (χ2n) is 4.84. The first kappa shape index (κ1) is 13.2. The largest absolute Gasteiger partial charge is 0.353 e. The van der Waals surface area contributed by atoms with Crippen LogP contribution in [0.5, 0.6) is 0 Å². The Balaban J connectivity index is 1.92. The smallest absolute Gasteiger partial charge is 0.207 e. The molecule has 0 unspecified atom stereocenters. The van der Waals surface area contributed by atoms with Gasteiger partial charge in [0.1, 0.15) is 0 Å². The summed E-state index contributed by atoms with van der Waals surface area (Å²) in [7, 11) is 0. The number of anilines is 1. The molecule has 1 fully saturated rings. The Morgan fingerprint density at radius 2 is 2.00 bits per heavy atom. The second-order valence-corrected chi connectivity index (χ2v) is 6.61. The zero-order chi connectivity index (χ0) is 13.2. The van der Waals surface area contributed by atoms with Gasteiger partial charge in [0.25, 0.3) is 0 Å². The van der Waals surface area contributed by atoms with E-state index in [9.17, 15) is 0 Å². The average molecular weight is 385 g/mol. The van der Waals surface area contributed by atoms with E-state index in [1.165, 1.54) is 25.7 Å². The lowest BCUT2D eigenvalue weighted by atomic mass is 10.2. The van der Waals surface area contributed by atoms with Crippen LogP contribution in [0.1, 0.15) is 25.7 Å². The van der Waals surface area contributed by atoms with Crippen molar-refractivity contribution in [2.24, 2.45) is 0 Å². The molecule has 1 aliphatic rings. The van der Waals surface area contributed by atoms with Crippen LogP contribution >= 0.6 is 31.9 Å². The van der Waals surface area contributed by atoms with Crippen LogP contribution in [-0.2, 0) is 0 Å². The first-order chi connectivity index (χ1) is 9.24. The third kappa shape index (κ3) is 2.87. The lowest BCUT2D eigenvalue weighted by Crippen LogP contribution is -2.17. The highest BCUT2D eigenvalue weighted by Crippen LogP contribution is 2.28. The van der Waals surface area contributed by atoms with Gasteiger partial charge in [-0.3, -0.25) is 4.57 Å². The summed E-state index contributed by atoms with van der Waals surface area (Å²) in [6.07, 6.45) is 8.95. The van der Waals surface area contributed by atoms with E-state index in [0.29, 0.717) is 6.04 Å². The minimum atomic E-state index is 0.562. The van der Waals surface area contributed by atoms with Gasteiger partial charge in [-0.05, 0) is 47.0 Å². The number of rotatable bonds is 3. The van der Waals surface area contributed by atoms with Crippen LogP contribution in [0, 0.1) is 0 Å². The molecule has 2 aromatic rings. The number of benzene rings is 1. The van der Waals surface area contributed by atoms with Crippen molar-refractivity contribution in [3.8, 4) is 5.69 Å². The Bertz CT molecular complexity index is 574. The molecular weight excluding hydrogens is 370 g/mol. The maximum Gasteiger partial charge on any atom is 0.207 e. The number of nitrogens with zero attached hydrogens (tertiary/aromatic N) is 2. The van der Waals surface area contributed by atoms with Crippen molar-refractivity contribution in [2.45, 2.75) is 31.7 Å². The number of imidazole rings is 1. The fraction of sp³-hybridized carbons (Fsp3) is 0.357. The molecule has 1 heterocycles. The van der Waals surface area contributed by atoms with Crippen LogP contribution in [-0.4, -0.2) is 15.6 Å². The summed E-state index contributed by atoms with van der Waals surface area (Å²) in [5.41, 5.74) is 1.09. The molecule has 100 valence electrons. The van der Waals surface area contributed by atoms with Crippen molar-refractivity contribution in [3.63, 3.8) is 0 Å². The Morgan fingerprint density at radius 3 is 2.79 bits per heavy atom. The highest BCUT2D eigenvalue weighted by Gasteiger charge is 2.17. The summed E-state index contributed by atoms with van der Waals surface area (Å²) in [5, 5.41) is 3.55. The van der Waals surface area contributed by atoms with Crippen molar-refractivity contribution >= 4 is 37.8 Å². The van der Waals surface area contributed by atoms with Gasteiger partial charge in [-0.1, -0.05) is 28.8 Å². The number of aromatic nitrogens is 2. The van der Waals surface area contributed by atoms with E-state index in [1.54, 1.807) is 0 Å². The molecule has 1 saturated carbocycles. The Kier molecular flexibility index (Phi) is 3.93. The Morgan fingerprint density at radius 1 is 1.21 bits per heavy atom. The quantitative estimate of drug-likeness (QED) is 0.827. The minimum absolute atomic E-state index is 0.562. The van der Waals surface area contributed by atoms with Crippen molar-refractivity contribution in [1.82, 2.24) is 9.55 Å². The first-order valence-electron chi connectivity index (χ1n) is 6.49. The Hall–Kier alpha value is -0.810. The van der Waals surface area contributed by atoms with Gasteiger partial charge in [0.05, 0.1) is 5.69 Å². The van der Waals surface area contributed by atoms with E-state index < -0.39 is 0 Å². The number of nitrogens with one attached hydrogen (secondary N) is 1. The van der Waals surface area contributed by atoms with Gasteiger partial charge in [-0.25, -0.2) is 4.98 Å². The first-order valence-corrected chi connectivity index (χ1v) is 8.08. The maximum atomic E-state index is 4.44. The van der Waals surface area contributed by atoms with E-state index in [0.717, 1.165) is 20.6 Å². The summed E-state index contributed by atoms with van der Waals surface area (Å²) in [6, 6.07) is 6.71. The summed E-state index contributed by atoms with van der Waals surface area (Å²) in [4.78, 5) is 4.44. The molecule has 0 atom stereocenters. The molecule has 1 aliphatic carbocycles. The predicted molar refractivity (Wildman–Crippen MR) is 84.8 cm³/mol. The van der Waals surface area contributed by atoms with E-state index in [4.69, 9.17) is 0 Å². The molecule has 0 radical (unpaired) electrons. The fourth-order valence-electron chi connectivity index (χ4n) is 2.53. The van der Waals surface area contributed by atoms with Gasteiger partial charge in [0, 0.05) is 27.4 Å². The lowest BCUT2D eigenvalue weighted by molar-refractivity contribution is 0.740. The van der Waals surface area contributed by atoms with Crippen LogP contribution in [0.3, 0.4) is 0 Å². The second kappa shape index (κ2) is 5.67.